The first-order valence-corrected chi connectivity index (χ1v) is 5.08. The van der Waals surface area contributed by atoms with Crippen LogP contribution in [0.4, 0.5) is 5.69 Å². The number of hydrogen-bond donors (Lipinski definition) is 0. The lowest BCUT2D eigenvalue weighted by Gasteiger charge is -2.16. The minimum Gasteiger partial charge on any atom is -0.311 e. The molecule has 1 aromatic carbocycles. The third kappa shape index (κ3) is 1.78. The molecule has 0 aliphatic carbocycles. The number of carbonyl (C=O) groups excluding carboxylic acids is 1. The summed E-state index contributed by atoms with van der Waals surface area (Å²) >= 11 is 0. The Morgan fingerprint density at radius 1 is 1.38 bits per heavy atom. The van der Waals surface area contributed by atoms with E-state index in [0.29, 0.717) is 13.0 Å². The molecule has 1 fully saturated rings. The van der Waals surface area contributed by atoms with E-state index in [1.165, 1.54) is 0 Å². The number of carbonyl (C=O) groups is 1. The van der Waals surface area contributed by atoms with E-state index in [9.17, 15) is 4.79 Å². The Kier molecular flexibility index (Phi) is 2.66. The molecule has 0 bridgehead atoms. The Labute approximate surface area is 95.3 Å². The van der Waals surface area contributed by atoms with Crippen molar-refractivity contribution in [1.29, 1.82) is 0 Å². The van der Waals surface area contributed by atoms with Crippen molar-refractivity contribution in [3.63, 3.8) is 0 Å². The minimum absolute atomic E-state index is 0.0157. The van der Waals surface area contributed by atoms with Gasteiger partial charge in [-0.2, -0.15) is 0 Å². The van der Waals surface area contributed by atoms with Gasteiger partial charge in [0.25, 0.3) is 0 Å². The molecule has 0 saturated carbocycles. The molecule has 0 N–H and O–H groups in total. The van der Waals surface area contributed by atoms with Gasteiger partial charge in [-0.25, -0.2) is 0 Å². The molecule has 0 aromatic heterocycles. The predicted molar refractivity (Wildman–Crippen MR) is 63.7 cm³/mol. The molecule has 1 saturated heterocycles. The lowest BCUT2D eigenvalue weighted by Crippen LogP contribution is -2.24. The highest BCUT2D eigenvalue weighted by molar-refractivity contribution is 5.96. The van der Waals surface area contributed by atoms with Crippen LogP contribution < -0.4 is 4.90 Å². The number of rotatable bonds is 1. The van der Waals surface area contributed by atoms with Gasteiger partial charge in [0, 0.05) is 30.1 Å². The molecule has 1 amide bonds. The van der Waals surface area contributed by atoms with Crippen molar-refractivity contribution >= 4 is 11.6 Å². The second-order valence-electron chi connectivity index (χ2n) is 3.77. The van der Waals surface area contributed by atoms with Crippen LogP contribution in [-0.2, 0) is 4.79 Å². The summed E-state index contributed by atoms with van der Waals surface area (Å²) in [7, 11) is 0. The SMILES string of the molecule is C#Cc1cccc(N2CC(C#C)CC2=O)c1. The van der Waals surface area contributed by atoms with Crippen LogP contribution in [0.5, 0.6) is 0 Å². The van der Waals surface area contributed by atoms with Gasteiger partial charge < -0.3 is 4.90 Å². The second-order valence-corrected chi connectivity index (χ2v) is 3.77. The molecule has 0 radical (unpaired) electrons. The van der Waals surface area contributed by atoms with Gasteiger partial charge in [0.05, 0.1) is 0 Å². The van der Waals surface area contributed by atoms with E-state index in [-0.39, 0.29) is 11.8 Å². The fraction of sp³-hybridized carbons (Fsp3) is 0.214. The molecule has 1 aromatic rings. The molecule has 2 heteroatoms. The fourth-order valence-electron chi connectivity index (χ4n) is 1.83. The van der Waals surface area contributed by atoms with E-state index in [0.717, 1.165) is 11.3 Å². The van der Waals surface area contributed by atoms with Crippen LogP contribution >= 0.6 is 0 Å². The number of hydrogen-bond acceptors (Lipinski definition) is 1. The summed E-state index contributed by atoms with van der Waals surface area (Å²) in [5.74, 6) is 5.25. The van der Waals surface area contributed by atoms with E-state index in [4.69, 9.17) is 12.8 Å². The maximum absolute atomic E-state index is 11.7. The molecular formula is C14H11NO. The normalized spacial score (nSPS) is 19.2. The van der Waals surface area contributed by atoms with Crippen molar-refractivity contribution in [1.82, 2.24) is 0 Å². The maximum atomic E-state index is 11.7. The Morgan fingerprint density at radius 2 is 2.19 bits per heavy atom. The summed E-state index contributed by atoms with van der Waals surface area (Å²) in [6, 6.07) is 7.39. The van der Waals surface area contributed by atoms with E-state index < -0.39 is 0 Å². The van der Waals surface area contributed by atoms with Gasteiger partial charge in [0.2, 0.25) is 5.91 Å². The van der Waals surface area contributed by atoms with E-state index in [2.05, 4.69) is 11.8 Å². The van der Waals surface area contributed by atoms with Gasteiger partial charge in [-0.05, 0) is 18.2 Å². The fourth-order valence-corrected chi connectivity index (χ4v) is 1.83. The Balaban J connectivity index is 2.29. The summed E-state index contributed by atoms with van der Waals surface area (Å²) in [5.41, 5.74) is 1.60. The molecule has 1 aliphatic heterocycles. The summed E-state index contributed by atoms with van der Waals surface area (Å²) in [6.45, 7) is 0.587. The third-order valence-electron chi connectivity index (χ3n) is 2.69. The maximum Gasteiger partial charge on any atom is 0.228 e. The van der Waals surface area contributed by atoms with Gasteiger partial charge in [-0.1, -0.05) is 12.0 Å². The van der Waals surface area contributed by atoms with Crippen molar-refractivity contribution in [3.8, 4) is 24.7 Å². The first-order chi connectivity index (χ1) is 7.74. The average molecular weight is 209 g/mol. The minimum atomic E-state index is 0.0157. The van der Waals surface area contributed by atoms with Crippen molar-refractivity contribution in [2.24, 2.45) is 5.92 Å². The van der Waals surface area contributed by atoms with Crippen molar-refractivity contribution in [3.05, 3.63) is 29.8 Å². The van der Waals surface area contributed by atoms with Gasteiger partial charge in [0.15, 0.2) is 0 Å². The van der Waals surface area contributed by atoms with Crippen molar-refractivity contribution in [2.45, 2.75) is 6.42 Å². The standard InChI is InChI=1S/C14H11NO/c1-3-11-6-5-7-13(8-11)15-10-12(4-2)9-14(15)16/h1-2,5-8,12H,9-10H2. The Morgan fingerprint density at radius 3 is 2.81 bits per heavy atom. The van der Waals surface area contributed by atoms with Crippen LogP contribution in [0.25, 0.3) is 0 Å². The van der Waals surface area contributed by atoms with Crippen LogP contribution in [0.1, 0.15) is 12.0 Å². The molecule has 1 aliphatic rings. The molecular weight excluding hydrogens is 198 g/mol. The smallest absolute Gasteiger partial charge is 0.228 e. The van der Waals surface area contributed by atoms with Gasteiger partial charge in [-0.3, -0.25) is 4.79 Å². The lowest BCUT2D eigenvalue weighted by molar-refractivity contribution is -0.117. The molecule has 2 nitrogen and oxygen atoms in total. The third-order valence-corrected chi connectivity index (χ3v) is 2.69. The van der Waals surface area contributed by atoms with Gasteiger partial charge in [0.1, 0.15) is 0 Å². The number of amides is 1. The summed E-state index contributed by atoms with van der Waals surface area (Å²) < 4.78 is 0. The number of terminal acetylenes is 2. The van der Waals surface area contributed by atoms with E-state index >= 15 is 0 Å². The predicted octanol–water partition coefficient (Wildman–Crippen LogP) is 1.65. The van der Waals surface area contributed by atoms with Gasteiger partial charge in [-0.15, -0.1) is 18.8 Å². The highest BCUT2D eigenvalue weighted by Crippen LogP contribution is 2.25. The zero-order valence-electron chi connectivity index (χ0n) is 8.81. The zero-order valence-corrected chi connectivity index (χ0v) is 8.81. The molecule has 1 heterocycles. The highest BCUT2D eigenvalue weighted by atomic mass is 16.2. The zero-order chi connectivity index (χ0) is 11.5. The summed E-state index contributed by atoms with van der Waals surface area (Å²) in [6.07, 6.45) is 11.1. The summed E-state index contributed by atoms with van der Waals surface area (Å²) in [4.78, 5) is 13.4. The van der Waals surface area contributed by atoms with Crippen LogP contribution in [0, 0.1) is 30.6 Å². The molecule has 16 heavy (non-hydrogen) atoms. The van der Waals surface area contributed by atoms with Gasteiger partial charge >= 0.3 is 0 Å². The number of benzene rings is 1. The highest BCUT2D eigenvalue weighted by Gasteiger charge is 2.29. The number of nitrogens with zero attached hydrogens (tertiary/aromatic N) is 1. The molecule has 1 atom stereocenters. The van der Waals surface area contributed by atoms with E-state index in [1.807, 2.05) is 24.3 Å². The van der Waals surface area contributed by atoms with Crippen LogP contribution in [0.15, 0.2) is 24.3 Å². The molecule has 78 valence electrons. The average Bonchev–Trinajstić information content (AvgIpc) is 2.71. The Hall–Kier alpha value is -2.19. The van der Waals surface area contributed by atoms with Crippen LogP contribution in [0.2, 0.25) is 0 Å². The molecule has 0 spiro atoms. The van der Waals surface area contributed by atoms with E-state index in [1.54, 1.807) is 4.90 Å². The first kappa shape index (κ1) is 10.3. The quantitative estimate of drug-likeness (QED) is 0.644. The molecule has 2 rings (SSSR count). The van der Waals surface area contributed by atoms with Crippen molar-refractivity contribution in [2.75, 3.05) is 11.4 Å². The molecule has 1 unspecified atom stereocenters. The largest absolute Gasteiger partial charge is 0.311 e. The summed E-state index contributed by atoms with van der Waals surface area (Å²) in [5, 5.41) is 0. The van der Waals surface area contributed by atoms with Crippen molar-refractivity contribution < 1.29 is 4.79 Å². The second kappa shape index (κ2) is 4.13. The van der Waals surface area contributed by atoms with Crippen LogP contribution in [-0.4, -0.2) is 12.5 Å². The lowest BCUT2D eigenvalue weighted by atomic mass is 10.1. The monoisotopic (exact) mass is 209 g/mol. The number of anilines is 1. The Bertz CT molecular complexity index is 504. The van der Waals surface area contributed by atoms with Crippen LogP contribution in [0.3, 0.4) is 0 Å². The topological polar surface area (TPSA) is 20.3 Å². The first-order valence-electron chi connectivity index (χ1n) is 5.08.